The fourth-order valence-electron chi connectivity index (χ4n) is 3.19. The summed E-state index contributed by atoms with van der Waals surface area (Å²) in [7, 11) is 0. The maximum absolute atomic E-state index is 11.9. The fourth-order valence-corrected chi connectivity index (χ4v) is 3.94. The number of aliphatic carboxylic acids is 1. The Labute approximate surface area is 189 Å². The zero-order chi connectivity index (χ0) is 24.1. The molecule has 32 heavy (non-hydrogen) atoms. The molecule has 0 bridgehead atoms. The van der Waals surface area contributed by atoms with Crippen LogP contribution in [0.25, 0.3) is 0 Å². The van der Waals surface area contributed by atoms with Crippen LogP contribution in [0.15, 0.2) is 4.99 Å². The van der Waals surface area contributed by atoms with E-state index in [4.69, 9.17) is 15.6 Å². The minimum absolute atomic E-state index is 0.163. The number of rotatable bonds is 7. The Hall–Kier alpha value is -2.44. The van der Waals surface area contributed by atoms with E-state index in [0.29, 0.717) is 19.0 Å². The number of guanidine groups is 1. The first-order valence-corrected chi connectivity index (χ1v) is 11.2. The van der Waals surface area contributed by atoms with Crippen molar-refractivity contribution in [2.45, 2.75) is 65.0 Å². The summed E-state index contributed by atoms with van der Waals surface area (Å²) in [5.74, 6) is -1.37. The number of urea groups is 1. The van der Waals surface area contributed by atoms with Gasteiger partial charge in [-0.2, -0.15) is 13.2 Å². The van der Waals surface area contributed by atoms with Gasteiger partial charge < -0.3 is 16.2 Å². The van der Waals surface area contributed by atoms with Crippen LogP contribution in [0.1, 0.15) is 55.5 Å². The van der Waals surface area contributed by atoms with Crippen molar-refractivity contribution in [3.05, 3.63) is 10.0 Å². The Balaban J connectivity index is 0.000000633. The number of nitrogens with two attached hydrogens (primary N) is 1. The Kier molecular flexibility index (Phi) is 12.0. The largest absolute Gasteiger partial charge is 0.490 e. The summed E-state index contributed by atoms with van der Waals surface area (Å²) in [6, 6.07) is -0.274. The molecule has 0 aliphatic heterocycles. The lowest BCUT2D eigenvalue weighted by atomic mass is 9.81. The highest BCUT2D eigenvalue weighted by molar-refractivity contribution is 7.11. The number of nitrogens with zero attached hydrogens (tertiary/aromatic N) is 3. The van der Waals surface area contributed by atoms with Crippen LogP contribution in [0, 0.1) is 18.8 Å². The number of aliphatic imine (C=N–C) groups is 1. The van der Waals surface area contributed by atoms with E-state index in [1.807, 2.05) is 6.92 Å². The molecule has 1 unspecified atom stereocenters. The number of amides is 2. The summed E-state index contributed by atoms with van der Waals surface area (Å²) >= 11 is 1.60. The molecule has 13 heteroatoms. The fraction of sp³-hybridized carbons (Fsp3) is 0.737. The second-order valence-corrected chi connectivity index (χ2v) is 8.86. The predicted molar refractivity (Wildman–Crippen MR) is 115 cm³/mol. The van der Waals surface area contributed by atoms with Crippen molar-refractivity contribution in [2.24, 2.45) is 22.6 Å². The Morgan fingerprint density at radius 1 is 1.28 bits per heavy atom. The molecule has 1 heterocycles. The quantitative estimate of drug-likeness (QED) is 0.268. The number of carboxylic acids is 1. The number of carbonyl (C=O) groups is 2. The molecule has 2 amide bonds. The molecule has 5 N–H and O–H groups in total. The summed E-state index contributed by atoms with van der Waals surface area (Å²) in [6.45, 7) is 5.39. The molecule has 1 saturated carbocycles. The number of carbonyl (C=O) groups excluding carboxylic acids is 1. The van der Waals surface area contributed by atoms with Gasteiger partial charge >= 0.3 is 18.2 Å². The third kappa shape index (κ3) is 11.8. The third-order valence-electron chi connectivity index (χ3n) is 4.92. The van der Waals surface area contributed by atoms with E-state index in [1.54, 1.807) is 11.3 Å². The minimum atomic E-state index is -5.08. The lowest BCUT2D eigenvalue weighted by molar-refractivity contribution is -0.192. The van der Waals surface area contributed by atoms with E-state index >= 15 is 0 Å². The monoisotopic (exact) mass is 480 g/mol. The molecule has 1 aliphatic rings. The SMILES string of the molecule is Cc1nnc(CCCN=C(N)NC(=O)NCC(C)C2CCCCC2)s1.O=C(O)C(F)(F)F. The standard InChI is InChI=1S/C17H30N6OS.C2HF3O2/c1-12(14-7-4-3-5-8-14)11-20-17(24)21-16(18)19-10-6-9-15-23-22-13(2)25-15;3-2(4,5)1(6)7/h12,14H,3-11H2,1-2H3,(H4,18,19,20,21,24);(H,6,7). The smallest absolute Gasteiger partial charge is 0.475 e. The molecule has 1 aromatic heterocycles. The van der Waals surface area contributed by atoms with E-state index in [9.17, 15) is 18.0 Å². The van der Waals surface area contributed by atoms with Crippen molar-refractivity contribution in [1.29, 1.82) is 0 Å². The number of aromatic nitrogens is 2. The average molecular weight is 481 g/mol. The Morgan fingerprint density at radius 3 is 2.44 bits per heavy atom. The molecule has 0 spiro atoms. The minimum Gasteiger partial charge on any atom is -0.475 e. The van der Waals surface area contributed by atoms with Gasteiger partial charge in [0.2, 0.25) is 0 Å². The van der Waals surface area contributed by atoms with E-state index in [2.05, 4.69) is 32.7 Å². The molecule has 1 aromatic rings. The van der Waals surface area contributed by atoms with Crippen LogP contribution in [0.3, 0.4) is 0 Å². The highest BCUT2D eigenvalue weighted by Gasteiger charge is 2.38. The number of carboxylic acid groups (broad SMARTS) is 1. The van der Waals surface area contributed by atoms with Crippen LogP contribution in [0.2, 0.25) is 0 Å². The molecular formula is C19H31F3N6O3S. The average Bonchev–Trinajstić information content (AvgIpc) is 3.15. The van der Waals surface area contributed by atoms with Crippen molar-refractivity contribution >= 4 is 29.3 Å². The predicted octanol–water partition coefficient (Wildman–Crippen LogP) is 3.24. The first-order chi connectivity index (χ1) is 15.0. The summed E-state index contributed by atoms with van der Waals surface area (Å²) < 4.78 is 31.7. The van der Waals surface area contributed by atoms with Gasteiger partial charge in [-0.1, -0.05) is 39.0 Å². The number of hydrogen-bond acceptors (Lipinski definition) is 6. The van der Waals surface area contributed by atoms with Gasteiger partial charge in [0.05, 0.1) is 0 Å². The molecule has 2 rings (SSSR count). The second kappa shape index (κ2) is 13.9. The summed E-state index contributed by atoms with van der Waals surface area (Å²) in [5.41, 5.74) is 5.76. The van der Waals surface area contributed by atoms with E-state index in [1.165, 1.54) is 32.1 Å². The Morgan fingerprint density at radius 2 is 1.91 bits per heavy atom. The number of halogens is 3. The first kappa shape index (κ1) is 27.6. The normalized spacial score (nSPS) is 16.0. The number of aryl methyl sites for hydroxylation is 2. The second-order valence-electron chi connectivity index (χ2n) is 7.60. The summed E-state index contributed by atoms with van der Waals surface area (Å²) in [6.07, 6.45) is 3.12. The maximum Gasteiger partial charge on any atom is 0.490 e. The van der Waals surface area contributed by atoms with Crippen LogP contribution in [0.4, 0.5) is 18.0 Å². The van der Waals surface area contributed by atoms with Gasteiger partial charge in [-0.15, -0.1) is 21.5 Å². The molecule has 1 atom stereocenters. The lowest BCUT2D eigenvalue weighted by Gasteiger charge is -2.27. The van der Waals surface area contributed by atoms with Crippen LogP contribution in [-0.2, 0) is 11.2 Å². The van der Waals surface area contributed by atoms with Crippen LogP contribution in [0.5, 0.6) is 0 Å². The lowest BCUT2D eigenvalue weighted by Crippen LogP contribution is -2.45. The van der Waals surface area contributed by atoms with Gasteiger partial charge in [-0.05, 0) is 25.2 Å². The summed E-state index contributed by atoms with van der Waals surface area (Å²) in [4.78, 5) is 25.0. The molecule has 1 fully saturated rings. The molecule has 0 radical (unpaired) electrons. The van der Waals surface area contributed by atoms with Crippen LogP contribution < -0.4 is 16.4 Å². The first-order valence-electron chi connectivity index (χ1n) is 10.4. The number of nitrogens with one attached hydrogen (secondary N) is 2. The Bertz CT molecular complexity index is 751. The van der Waals surface area contributed by atoms with E-state index in [0.717, 1.165) is 28.8 Å². The van der Waals surface area contributed by atoms with Gasteiger partial charge in [0.15, 0.2) is 5.96 Å². The topological polar surface area (TPSA) is 143 Å². The van der Waals surface area contributed by atoms with Crippen LogP contribution >= 0.6 is 11.3 Å². The van der Waals surface area contributed by atoms with Gasteiger partial charge in [0.25, 0.3) is 0 Å². The highest BCUT2D eigenvalue weighted by atomic mass is 32.1. The van der Waals surface area contributed by atoms with Crippen molar-refractivity contribution in [3.8, 4) is 0 Å². The van der Waals surface area contributed by atoms with Crippen LogP contribution in [-0.4, -0.2) is 52.5 Å². The molecule has 9 nitrogen and oxygen atoms in total. The summed E-state index contributed by atoms with van der Waals surface area (Å²) in [5, 5.41) is 22.6. The molecule has 0 aromatic carbocycles. The zero-order valence-electron chi connectivity index (χ0n) is 18.2. The maximum atomic E-state index is 11.9. The molecule has 182 valence electrons. The van der Waals surface area contributed by atoms with Crippen molar-refractivity contribution in [1.82, 2.24) is 20.8 Å². The highest BCUT2D eigenvalue weighted by Crippen LogP contribution is 2.29. The molecule has 0 saturated heterocycles. The third-order valence-corrected chi connectivity index (χ3v) is 5.82. The van der Waals surface area contributed by atoms with E-state index < -0.39 is 12.1 Å². The van der Waals surface area contributed by atoms with Crippen molar-refractivity contribution in [3.63, 3.8) is 0 Å². The number of alkyl halides is 3. The van der Waals surface area contributed by atoms with Gasteiger partial charge in [-0.25, -0.2) is 9.59 Å². The van der Waals surface area contributed by atoms with E-state index in [-0.39, 0.29) is 12.0 Å². The zero-order valence-corrected chi connectivity index (χ0v) is 19.1. The molecule has 1 aliphatic carbocycles. The number of hydrogen-bond donors (Lipinski definition) is 4. The van der Waals surface area contributed by atoms with Crippen molar-refractivity contribution in [2.75, 3.05) is 13.1 Å². The van der Waals surface area contributed by atoms with Gasteiger partial charge in [-0.3, -0.25) is 10.3 Å². The van der Waals surface area contributed by atoms with Crippen molar-refractivity contribution < 1.29 is 27.9 Å². The van der Waals surface area contributed by atoms with Gasteiger partial charge in [0.1, 0.15) is 10.0 Å². The molecular weight excluding hydrogens is 449 g/mol. The van der Waals surface area contributed by atoms with Gasteiger partial charge in [0, 0.05) is 19.5 Å².